The molecular weight excluding hydrogens is 446 g/mol. The Kier molecular flexibility index (Phi) is 5.98. The topological polar surface area (TPSA) is 99.0 Å². The molecule has 3 heterocycles. The van der Waals surface area contributed by atoms with Crippen molar-refractivity contribution >= 4 is 27.0 Å². The molecule has 0 atom stereocenters. The second kappa shape index (κ2) is 8.71. The molecule has 10 heteroatoms. The van der Waals surface area contributed by atoms with E-state index in [1.54, 1.807) is 48.0 Å². The van der Waals surface area contributed by atoms with Crippen LogP contribution in [0.2, 0.25) is 0 Å². The summed E-state index contributed by atoms with van der Waals surface area (Å²) in [6.07, 6.45) is 0.802. The number of hydrogen-bond acceptors (Lipinski definition) is 7. The van der Waals surface area contributed by atoms with Crippen LogP contribution in [0.25, 0.3) is 5.82 Å². The van der Waals surface area contributed by atoms with E-state index in [4.69, 9.17) is 4.74 Å². The molecule has 8 nitrogen and oxygen atoms in total. The lowest BCUT2D eigenvalue weighted by molar-refractivity contribution is 0.459. The van der Waals surface area contributed by atoms with Crippen LogP contribution in [0.3, 0.4) is 0 Å². The normalized spacial score (nSPS) is 11.5. The van der Waals surface area contributed by atoms with Crippen LogP contribution in [0, 0.1) is 20.8 Å². The van der Waals surface area contributed by atoms with Gasteiger partial charge in [0.05, 0.1) is 5.69 Å². The first-order chi connectivity index (χ1) is 15.2. The third-order valence-corrected chi connectivity index (χ3v) is 7.71. The van der Waals surface area contributed by atoms with E-state index in [1.165, 1.54) is 11.3 Å². The minimum atomic E-state index is -3.62. The van der Waals surface area contributed by atoms with Gasteiger partial charge in [0.1, 0.15) is 15.8 Å². The second-order valence-electron chi connectivity index (χ2n) is 7.26. The molecule has 1 N–H and O–H groups in total. The number of thiophene rings is 1. The van der Waals surface area contributed by atoms with Crippen molar-refractivity contribution in [1.82, 2.24) is 19.7 Å². The highest BCUT2D eigenvalue weighted by Gasteiger charge is 2.17. The lowest BCUT2D eigenvalue weighted by Crippen LogP contribution is -2.11. The Balaban J connectivity index is 1.51. The number of aromatic nitrogens is 4. The number of sulfonamides is 1. The third kappa shape index (κ3) is 4.81. The zero-order valence-electron chi connectivity index (χ0n) is 18.2. The number of aryl methyl sites for hydroxylation is 4. The van der Waals surface area contributed by atoms with Gasteiger partial charge >= 0.3 is 0 Å². The molecule has 0 bridgehead atoms. The Morgan fingerprint density at radius 2 is 1.78 bits per heavy atom. The summed E-state index contributed by atoms with van der Waals surface area (Å²) in [5.74, 6) is 2.07. The molecule has 0 unspecified atom stereocenters. The highest BCUT2D eigenvalue weighted by Crippen LogP contribution is 2.27. The van der Waals surface area contributed by atoms with E-state index in [-0.39, 0.29) is 0 Å². The first-order valence-electron chi connectivity index (χ1n) is 10.0. The van der Waals surface area contributed by atoms with Crippen molar-refractivity contribution in [3.05, 3.63) is 70.6 Å². The van der Waals surface area contributed by atoms with Crippen molar-refractivity contribution in [3.63, 3.8) is 0 Å². The van der Waals surface area contributed by atoms with Crippen molar-refractivity contribution in [2.45, 2.75) is 38.3 Å². The fourth-order valence-corrected chi connectivity index (χ4v) is 5.51. The van der Waals surface area contributed by atoms with E-state index >= 15 is 0 Å². The van der Waals surface area contributed by atoms with E-state index in [1.807, 2.05) is 32.9 Å². The molecule has 0 saturated heterocycles. The monoisotopic (exact) mass is 469 g/mol. The molecule has 4 rings (SSSR count). The fourth-order valence-electron chi connectivity index (χ4n) is 3.16. The van der Waals surface area contributed by atoms with Crippen molar-refractivity contribution in [3.8, 4) is 17.4 Å². The maximum Gasteiger partial charge on any atom is 0.271 e. The summed E-state index contributed by atoms with van der Waals surface area (Å²) < 4.78 is 35.7. The van der Waals surface area contributed by atoms with Crippen LogP contribution < -0.4 is 9.46 Å². The molecule has 0 spiro atoms. The average molecular weight is 470 g/mol. The molecule has 4 aromatic rings. The van der Waals surface area contributed by atoms with Crippen molar-refractivity contribution in [2.75, 3.05) is 4.72 Å². The van der Waals surface area contributed by atoms with Crippen LogP contribution in [-0.4, -0.2) is 28.2 Å². The maximum atomic E-state index is 12.6. The number of rotatable bonds is 7. The summed E-state index contributed by atoms with van der Waals surface area (Å²) >= 11 is 1.27. The second-order valence-corrected chi connectivity index (χ2v) is 10.3. The average Bonchev–Trinajstić information content (AvgIpc) is 3.35. The first-order valence-corrected chi connectivity index (χ1v) is 12.3. The Bertz CT molecular complexity index is 1360. The number of nitrogens with zero attached hydrogens (tertiary/aromatic N) is 4. The predicted octanol–water partition coefficient (Wildman–Crippen LogP) is 4.80. The van der Waals surface area contributed by atoms with Gasteiger partial charge in [-0.2, -0.15) is 10.1 Å². The molecule has 0 fully saturated rings. The van der Waals surface area contributed by atoms with E-state index in [9.17, 15) is 8.42 Å². The molecule has 0 aliphatic rings. The number of nitrogens with one attached hydrogen (secondary N) is 1. The molecule has 0 aliphatic carbocycles. The van der Waals surface area contributed by atoms with Crippen LogP contribution in [0.4, 0.5) is 5.69 Å². The molecule has 166 valence electrons. The minimum absolute atomic E-state index is 0.294. The summed E-state index contributed by atoms with van der Waals surface area (Å²) in [7, 11) is -3.62. The Morgan fingerprint density at radius 1 is 1.03 bits per heavy atom. The Hall–Kier alpha value is -3.24. The fraction of sp³-hybridized carbons (Fsp3) is 0.227. The predicted molar refractivity (Wildman–Crippen MR) is 124 cm³/mol. The smallest absolute Gasteiger partial charge is 0.271 e. The van der Waals surface area contributed by atoms with E-state index in [2.05, 4.69) is 19.8 Å². The van der Waals surface area contributed by atoms with Gasteiger partial charge in [-0.05, 0) is 69.7 Å². The van der Waals surface area contributed by atoms with Crippen molar-refractivity contribution in [2.24, 2.45) is 0 Å². The number of benzene rings is 1. The van der Waals surface area contributed by atoms with Crippen LogP contribution in [0.1, 0.15) is 29.0 Å². The quantitative estimate of drug-likeness (QED) is 0.417. The maximum absolute atomic E-state index is 12.6. The molecule has 0 amide bonds. The summed E-state index contributed by atoms with van der Waals surface area (Å²) in [5, 5.41) is 4.45. The van der Waals surface area contributed by atoms with Crippen molar-refractivity contribution < 1.29 is 13.2 Å². The minimum Gasteiger partial charge on any atom is -0.439 e. The highest BCUT2D eigenvalue weighted by atomic mass is 32.2. The van der Waals surface area contributed by atoms with Crippen LogP contribution in [0.15, 0.2) is 52.7 Å². The Morgan fingerprint density at radius 3 is 2.41 bits per heavy atom. The van der Waals surface area contributed by atoms with Gasteiger partial charge in [0.15, 0.2) is 5.82 Å². The van der Waals surface area contributed by atoms with Crippen LogP contribution in [0.5, 0.6) is 11.6 Å². The molecular formula is C22H23N5O3S2. The van der Waals surface area contributed by atoms with Crippen LogP contribution >= 0.6 is 11.3 Å². The number of anilines is 1. The SMILES string of the molecule is CCc1ccc(S(=O)(=O)Nc2ccc(Oc3cc(-n4nc(C)cc4C)nc(C)n3)cc2)s1. The van der Waals surface area contributed by atoms with Gasteiger partial charge in [-0.1, -0.05) is 6.92 Å². The van der Waals surface area contributed by atoms with E-state index in [0.717, 1.165) is 22.7 Å². The van der Waals surface area contributed by atoms with E-state index < -0.39 is 10.0 Å². The van der Waals surface area contributed by atoms with Gasteiger partial charge in [0.2, 0.25) is 5.88 Å². The lowest BCUT2D eigenvalue weighted by atomic mass is 10.3. The van der Waals surface area contributed by atoms with Gasteiger partial charge in [0, 0.05) is 22.3 Å². The molecule has 0 radical (unpaired) electrons. The zero-order chi connectivity index (χ0) is 22.9. The lowest BCUT2D eigenvalue weighted by Gasteiger charge is -2.10. The van der Waals surface area contributed by atoms with Gasteiger partial charge in [-0.15, -0.1) is 11.3 Å². The highest BCUT2D eigenvalue weighted by molar-refractivity contribution is 7.94. The first kappa shape index (κ1) is 22.0. The summed E-state index contributed by atoms with van der Waals surface area (Å²) in [6, 6.07) is 13.8. The molecule has 32 heavy (non-hydrogen) atoms. The summed E-state index contributed by atoms with van der Waals surface area (Å²) in [4.78, 5) is 9.81. The number of hydrogen-bond donors (Lipinski definition) is 1. The van der Waals surface area contributed by atoms with Gasteiger partial charge in [-0.3, -0.25) is 4.72 Å². The molecule has 0 aliphatic heterocycles. The largest absolute Gasteiger partial charge is 0.439 e. The van der Waals surface area contributed by atoms with Gasteiger partial charge < -0.3 is 4.74 Å². The molecule has 1 aromatic carbocycles. The standard InChI is InChI=1S/C22H23N5O3S2/c1-5-19-10-11-22(31-19)32(28,29)26-17-6-8-18(9-7-17)30-21-13-20(23-16(4)24-21)27-15(3)12-14(2)25-27/h6-13,26H,5H2,1-4H3. The number of ether oxygens (including phenoxy) is 1. The zero-order valence-corrected chi connectivity index (χ0v) is 19.8. The summed E-state index contributed by atoms with van der Waals surface area (Å²) in [5.41, 5.74) is 2.30. The molecule has 3 aromatic heterocycles. The van der Waals surface area contributed by atoms with E-state index in [0.29, 0.717) is 33.2 Å². The van der Waals surface area contributed by atoms with Gasteiger partial charge in [0.25, 0.3) is 10.0 Å². The van der Waals surface area contributed by atoms with Crippen molar-refractivity contribution in [1.29, 1.82) is 0 Å². The summed E-state index contributed by atoms with van der Waals surface area (Å²) in [6.45, 7) is 7.66. The third-order valence-electron chi connectivity index (χ3n) is 4.61. The molecule has 0 saturated carbocycles. The van der Waals surface area contributed by atoms with Gasteiger partial charge in [-0.25, -0.2) is 18.1 Å². The Labute approximate surface area is 191 Å². The van der Waals surface area contributed by atoms with Crippen LogP contribution in [-0.2, 0) is 16.4 Å².